The molecule has 0 aliphatic rings. The van der Waals surface area contributed by atoms with Gasteiger partial charge in [0.2, 0.25) is 0 Å². The summed E-state index contributed by atoms with van der Waals surface area (Å²) in [6, 6.07) is 36.8. The maximum absolute atomic E-state index is 3.84. The Bertz CT molecular complexity index is 2100. The van der Waals surface area contributed by atoms with Crippen LogP contribution >= 0.6 is 0 Å². The average molecular weight is 462 g/mol. The van der Waals surface area contributed by atoms with Crippen LogP contribution in [0.5, 0.6) is 0 Å². The van der Waals surface area contributed by atoms with Crippen LogP contribution in [0.25, 0.3) is 76.8 Å². The highest BCUT2D eigenvalue weighted by atomic mass is 14.8. The minimum absolute atomic E-state index is 1.15. The smallest absolute Gasteiger partial charge is 0.0573 e. The zero-order valence-corrected chi connectivity index (χ0v) is 19.8. The van der Waals surface area contributed by atoms with Crippen LogP contribution in [0.4, 0.5) is 0 Å². The fraction of sp³-hybridized carbons (Fsp3) is 0.0303. The summed E-state index contributed by atoms with van der Waals surface area (Å²) in [6.07, 6.45) is 0. The van der Waals surface area contributed by atoms with Gasteiger partial charge in [-0.3, -0.25) is 0 Å². The van der Waals surface area contributed by atoms with Crippen LogP contribution in [-0.4, -0.2) is 15.0 Å². The molecule has 0 saturated heterocycles. The van der Waals surface area contributed by atoms with Crippen molar-refractivity contribution in [3.05, 3.63) is 109 Å². The third-order valence-corrected chi connectivity index (χ3v) is 7.62. The topological polar surface area (TPSA) is 47.4 Å². The van der Waals surface area contributed by atoms with Gasteiger partial charge in [0, 0.05) is 65.9 Å². The first-order valence-corrected chi connectivity index (χ1v) is 12.4. The number of fused-ring (bicyclic) bond motifs is 8. The van der Waals surface area contributed by atoms with Crippen LogP contribution in [0.1, 0.15) is 5.69 Å². The lowest BCUT2D eigenvalue weighted by atomic mass is 9.87. The Hall–Kier alpha value is -4.76. The van der Waals surface area contributed by atoms with E-state index in [1.165, 1.54) is 65.9 Å². The van der Waals surface area contributed by atoms with E-state index < -0.39 is 0 Å². The summed E-state index contributed by atoms with van der Waals surface area (Å²) in [5.74, 6) is 0. The van der Waals surface area contributed by atoms with Gasteiger partial charge in [-0.05, 0) is 30.7 Å². The van der Waals surface area contributed by atoms with E-state index in [0.717, 1.165) is 16.6 Å². The molecule has 8 rings (SSSR count). The molecular formula is C33H23N3. The molecular weight excluding hydrogens is 438 g/mol. The van der Waals surface area contributed by atoms with Crippen molar-refractivity contribution in [2.45, 2.75) is 6.92 Å². The summed E-state index contributed by atoms with van der Waals surface area (Å²) in [4.78, 5) is 11.3. The maximum atomic E-state index is 3.84. The van der Waals surface area contributed by atoms with E-state index in [-0.39, 0.29) is 0 Å². The number of rotatable bonds is 2. The second-order valence-electron chi connectivity index (χ2n) is 9.63. The molecule has 3 heteroatoms. The van der Waals surface area contributed by atoms with Gasteiger partial charge in [0.25, 0.3) is 0 Å². The van der Waals surface area contributed by atoms with Gasteiger partial charge in [-0.25, -0.2) is 0 Å². The van der Waals surface area contributed by atoms with Gasteiger partial charge in [0.1, 0.15) is 0 Å². The molecule has 0 atom stereocenters. The first-order valence-electron chi connectivity index (χ1n) is 12.4. The SMILES string of the molecule is Cc1[nH]c2ccccc2c1-c1c(-c2ccccc2)c2c3ccccc3[nH]c2c2c1[nH]c1ccccc12. The van der Waals surface area contributed by atoms with Crippen molar-refractivity contribution < 1.29 is 0 Å². The van der Waals surface area contributed by atoms with Crippen LogP contribution in [0.2, 0.25) is 0 Å². The molecule has 0 bridgehead atoms. The highest BCUT2D eigenvalue weighted by Gasteiger charge is 2.25. The molecule has 3 N–H and O–H groups in total. The second kappa shape index (κ2) is 7.12. The van der Waals surface area contributed by atoms with E-state index >= 15 is 0 Å². The van der Waals surface area contributed by atoms with Crippen molar-refractivity contribution in [3.8, 4) is 22.3 Å². The third-order valence-electron chi connectivity index (χ3n) is 7.62. The molecule has 5 aromatic carbocycles. The first-order chi connectivity index (χ1) is 17.8. The van der Waals surface area contributed by atoms with Crippen LogP contribution in [0.3, 0.4) is 0 Å². The molecule has 3 heterocycles. The van der Waals surface area contributed by atoms with Crippen molar-refractivity contribution in [2.75, 3.05) is 0 Å². The van der Waals surface area contributed by atoms with Gasteiger partial charge in [-0.15, -0.1) is 0 Å². The summed E-state index contributed by atoms with van der Waals surface area (Å²) in [5.41, 5.74) is 12.0. The monoisotopic (exact) mass is 461 g/mol. The van der Waals surface area contributed by atoms with Gasteiger partial charge < -0.3 is 15.0 Å². The molecule has 36 heavy (non-hydrogen) atoms. The van der Waals surface area contributed by atoms with Gasteiger partial charge in [0.05, 0.1) is 11.0 Å². The Kier molecular flexibility index (Phi) is 3.87. The fourth-order valence-electron chi connectivity index (χ4n) is 6.17. The van der Waals surface area contributed by atoms with Crippen molar-refractivity contribution in [1.82, 2.24) is 15.0 Å². The number of para-hydroxylation sites is 3. The highest BCUT2D eigenvalue weighted by Crippen LogP contribution is 2.50. The minimum Gasteiger partial charge on any atom is -0.358 e. The zero-order chi connectivity index (χ0) is 23.8. The Morgan fingerprint density at radius 2 is 0.944 bits per heavy atom. The molecule has 0 aliphatic heterocycles. The number of hydrogen-bond acceptors (Lipinski definition) is 0. The number of benzene rings is 5. The van der Waals surface area contributed by atoms with E-state index in [9.17, 15) is 0 Å². The fourth-order valence-corrected chi connectivity index (χ4v) is 6.17. The minimum atomic E-state index is 1.15. The molecule has 0 spiro atoms. The summed E-state index contributed by atoms with van der Waals surface area (Å²) in [5, 5.41) is 6.25. The lowest BCUT2D eigenvalue weighted by molar-refractivity contribution is 1.30. The van der Waals surface area contributed by atoms with E-state index in [4.69, 9.17) is 0 Å². The quantitative estimate of drug-likeness (QED) is 0.230. The van der Waals surface area contributed by atoms with Gasteiger partial charge >= 0.3 is 0 Å². The maximum Gasteiger partial charge on any atom is 0.0573 e. The number of aromatic nitrogens is 3. The molecule has 8 aromatic rings. The Morgan fingerprint density at radius 3 is 1.64 bits per heavy atom. The summed E-state index contributed by atoms with van der Waals surface area (Å²) >= 11 is 0. The number of aryl methyl sites for hydroxylation is 1. The molecule has 0 aliphatic carbocycles. The van der Waals surface area contributed by atoms with Crippen molar-refractivity contribution in [1.29, 1.82) is 0 Å². The summed E-state index contributed by atoms with van der Waals surface area (Å²) in [7, 11) is 0. The average Bonchev–Trinajstić information content (AvgIpc) is 3.59. The van der Waals surface area contributed by atoms with Crippen LogP contribution < -0.4 is 0 Å². The molecule has 0 fully saturated rings. The Labute approximate surface area is 207 Å². The standard InChI is InChI=1S/C33H23N3/c1-19-27(21-13-5-8-16-24(21)34-19)31-28(20-11-3-2-4-12-20)29-22-14-6-9-17-25(22)35-32(29)30-23-15-7-10-18-26(23)36-33(30)31/h2-18,34-36H,1H3. The van der Waals surface area contributed by atoms with Gasteiger partial charge in [0.15, 0.2) is 0 Å². The molecule has 3 nitrogen and oxygen atoms in total. The molecule has 170 valence electrons. The normalized spacial score (nSPS) is 12.0. The highest BCUT2D eigenvalue weighted by molar-refractivity contribution is 6.33. The van der Waals surface area contributed by atoms with E-state index in [1.807, 2.05) is 0 Å². The summed E-state index contributed by atoms with van der Waals surface area (Å²) in [6.45, 7) is 2.19. The predicted molar refractivity (Wildman–Crippen MR) is 153 cm³/mol. The van der Waals surface area contributed by atoms with Crippen molar-refractivity contribution in [2.24, 2.45) is 0 Å². The van der Waals surface area contributed by atoms with Crippen LogP contribution in [0.15, 0.2) is 103 Å². The second-order valence-corrected chi connectivity index (χ2v) is 9.63. The third kappa shape index (κ3) is 2.52. The molecule has 3 aromatic heterocycles. The van der Waals surface area contributed by atoms with Crippen molar-refractivity contribution in [3.63, 3.8) is 0 Å². The number of aromatic amines is 3. The molecule has 0 amide bonds. The Balaban J connectivity index is 1.73. The van der Waals surface area contributed by atoms with Crippen LogP contribution in [0, 0.1) is 6.92 Å². The number of H-pyrrole nitrogens is 3. The number of hydrogen-bond donors (Lipinski definition) is 3. The van der Waals surface area contributed by atoms with Gasteiger partial charge in [-0.1, -0.05) is 84.9 Å². The van der Waals surface area contributed by atoms with E-state index in [2.05, 4.69) is 125 Å². The lowest BCUT2D eigenvalue weighted by Gasteiger charge is -2.15. The Morgan fingerprint density at radius 1 is 0.417 bits per heavy atom. The van der Waals surface area contributed by atoms with Gasteiger partial charge in [-0.2, -0.15) is 0 Å². The molecule has 0 unspecified atom stereocenters. The molecule has 0 saturated carbocycles. The summed E-state index contributed by atoms with van der Waals surface area (Å²) < 4.78 is 0. The first kappa shape index (κ1) is 19.5. The zero-order valence-electron chi connectivity index (χ0n) is 19.8. The lowest BCUT2D eigenvalue weighted by Crippen LogP contribution is -1.91. The number of nitrogens with one attached hydrogen (secondary N) is 3. The van der Waals surface area contributed by atoms with Crippen LogP contribution in [-0.2, 0) is 0 Å². The van der Waals surface area contributed by atoms with E-state index in [0.29, 0.717) is 0 Å². The van der Waals surface area contributed by atoms with Crippen molar-refractivity contribution >= 4 is 54.5 Å². The van der Waals surface area contributed by atoms with E-state index in [1.54, 1.807) is 0 Å². The predicted octanol–water partition coefficient (Wildman–Crippen LogP) is 9.08. The molecule has 0 radical (unpaired) electrons. The largest absolute Gasteiger partial charge is 0.358 e.